The summed E-state index contributed by atoms with van der Waals surface area (Å²) < 4.78 is 4.81. The Balaban J connectivity index is 1.61. The van der Waals surface area contributed by atoms with Crippen molar-refractivity contribution in [3.63, 3.8) is 0 Å². The van der Waals surface area contributed by atoms with Crippen molar-refractivity contribution in [2.75, 3.05) is 11.9 Å². The van der Waals surface area contributed by atoms with E-state index in [9.17, 15) is 24.0 Å². The molecule has 32 heavy (non-hydrogen) atoms. The molecule has 0 spiro atoms. The summed E-state index contributed by atoms with van der Waals surface area (Å²) in [4.78, 5) is 58.5. The largest absolute Gasteiger partial charge is 0.455 e. The van der Waals surface area contributed by atoms with Gasteiger partial charge in [-0.1, -0.05) is 23.7 Å². The van der Waals surface area contributed by atoms with Gasteiger partial charge in [-0.05, 0) is 49.7 Å². The Bertz CT molecular complexity index is 1010. The molecule has 0 unspecified atom stereocenters. The number of nitrogens with one attached hydrogen (secondary N) is 3. The highest BCUT2D eigenvalue weighted by Gasteiger charge is 2.12. The average molecular weight is 460 g/mol. The molecular formula is C22H22ClN3O6. The zero-order valence-electron chi connectivity index (χ0n) is 17.3. The molecule has 0 aliphatic carbocycles. The van der Waals surface area contributed by atoms with Crippen molar-refractivity contribution in [2.45, 2.75) is 26.2 Å². The van der Waals surface area contributed by atoms with Crippen LogP contribution in [0.5, 0.6) is 0 Å². The highest BCUT2D eigenvalue weighted by Crippen LogP contribution is 2.14. The van der Waals surface area contributed by atoms with Gasteiger partial charge in [-0.25, -0.2) is 0 Å². The number of carbonyl (C=O) groups is 5. The predicted octanol–water partition coefficient (Wildman–Crippen LogP) is 2.66. The van der Waals surface area contributed by atoms with E-state index in [0.717, 1.165) is 0 Å². The monoisotopic (exact) mass is 459 g/mol. The number of benzene rings is 2. The Morgan fingerprint density at radius 3 is 2.22 bits per heavy atom. The molecule has 10 heteroatoms. The summed E-state index contributed by atoms with van der Waals surface area (Å²) in [7, 11) is 0. The van der Waals surface area contributed by atoms with Crippen LogP contribution in [0.4, 0.5) is 5.69 Å². The number of halogens is 1. The molecule has 9 nitrogen and oxygen atoms in total. The molecule has 0 bridgehead atoms. The van der Waals surface area contributed by atoms with E-state index in [-0.39, 0.29) is 41.5 Å². The van der Waals surface area contributed by atoms with E-state index >= 15 is 0 Å². The molecule has 0 saturated carbocycles. The molecule has 2 aromatic carbocycles. The fourth-order valence-corrected chi connectivity index (χ4v) is 2.72. The van der Waals surface area contributed by atoms with Gasteiger partial charge in [-0.3, -0.25) is 34.8 Å². The zero-order valence-corrected chi connectivity index (χ0v) is 18.0. The van der Waals surface area contributed by atoms with Crippen molar-refractivity contribution in [3.05, 3.63) is 64.7 Å². The molecule has 2 rings (SSSR count). The van der Waals surface area contributed by atoms with Crippen LogP contribution >= 0.6 is 11.6 Å². The van der Waals surface area contributed by atoms with Crippen LogP contribution in [0.3, 0.4) is 0 Å². The maximum atomic E-state index is 11.9. The van der Waals surface area contributed by atoms with E-state index in [1.165, 1.54) is 19.1 Å². The highest BCUT2D eigenvalue weighted by atomic mass is 35.5. The number of anilines is 1. The number of carbonyl (C=O) groups excluding carboxylic acids is 5. The van der Waals surface area contributed by atoms with Crippen molar-refractivity contribution in [1.29, 1.82) is 0 Å². The topological polar surface area (TPSA) is 131 Å². The van der Waals surface area contributed by atoms with Gasteiger partial charge in [-0.2, -0.15) is 0 Å². The Hall–Kier alpha value is -3.72. The maximum absolute atomic E-state index is 11.9. The van der Waals surface area contributed by atoms with E-state index in [0.29, 0.717) is 11.3 Å². The molecule has 0 atom stereocenters. The normalized spacial score (nSPS) is 10.1. The van der Waals surface area contributed by atoms with Gasteiger partial charge >= 0.3 is 5.97 Å². The first kappa shape index (κ1) is 24.5. The smallest absolute Gasteiger partial charge is 0.306 e. The van der Waals surface area contributed by atoms with E-state index < -0.39 is 24.4 Å². The number of rotatable bonds is 9. The van der Waals surface area contributed by atoms with Gasteiger partial charge in [0.05, 0.1) is 10.6 Å². The maximum Gasteiger partial charge on any atom is 0.306 e. The standard InChI is InChI=1S/C22H22ClN3O6/c1-14(27)15-9-11-16(12-10-15)24-19(28)7-4-8-21(30)32-13-20(29)25-26-22(31)17-5-2-3-6-18(17)23/h2-3,5-6,9-12H,4,7-8,13H2,1H3,(H,24,28)(H,25,29)(H,26,31). The lowest BCUT2D eigenvalue weighted by molar-refractivity contribution is -0.148. The first-order valence-corrected chi connectivity index (χ1v) is 10.0. The molecule has 0 aliphatic heterocycles. The van der Waals surface area contributed by atoms with Gasteiger partial charge in [-0.15, -0.1) is 0 Å². The molecule has 0 fully saturated rings. The van der Waals surface area contributed by atoms with E-state index in [1.807, 2.05) is 0 Å². The van der Waals surface area contributed by atoms with Crippen LogP contribution in [-0.4, -0.2) is 36.1 Å². The lowest BCUT2D eigenvalue weighted by Crippen LogP contribution is -2.43. The van der Waals surface area contributed by atoms with Crippen molar-refractivity contribution >= 4 is 46.8 Å². The van der Waals surface area contributed by atoms with Crippen LogP contribution in [0.15, 0.2) is 48.5 Å². The summed E-state index contributed by atoms with van der Waals surface area (Å²) in [6, 6.07) is 12.8. The number of hydrazine groups is 1. The van der Waals surface area contributed by atoms with Crippen LogP contribution in [0, 0.1) is 0 Å². The predicted molar refractivity (Wildman–Crippen MR) is 117 cm³/mol. The number of esters is 1. The van der Waals surface area contributed by atoms with E-state index in [4.69, 9.17) is 16.3 Å². The Morgan fingerprint density at radius 2 is 1.56 bits per heavy atom. The Labute approximate surface area is 189 Å². The average Bonchev–Trinajstić information content (AvgIpc) is 2.76. The van der Waals surface area contributed by atoms with Gasteiger partial charge in [0.1, 0.15) is 0 Å². The summed E-state index contributed by atoms with van der Waals surface area (Å²) in [6.07, 6.45) is 0.237. The third-order valence-corrected chi connectivity index (χ3v) is 4.49. The van der Waals surface area contributed by atoms with Gasteiger partial charge in [0, 0.05) is 24.1 Å². The molecule has 0 heterocycles. The molecular weight excluding hydrogens is 438 g/mol. The molecule has 168 valence electrons. The second-order valence-electron chi connectivity index (χ2n) is 6.68. The third kappa shape index (κ3) is 8.19. The number of amides is 3. The van der Waals surface area contributed by atoms with Crippen LogP contribution in [0.25, 0.3) is 0 Å². The summed E-state index contributed by atoms with van der Waals surface area (Å²) in [5, 5.41) is 2.89. The van der Waals surface area contributed by atoms with Crippen molar-refractivity contribution in [2.24, 2.45) is 0 Å². The molecule has 2 aromatic rings. The number of ketones is 1. The summed E-state index contributed by atoms with van der Waals surface area (Å²) >= 11 is 5.89. The molecule has 3 N–H and O–H groups in total. The van der Waals surface area contributed by atoms with Crippen LogP contribution in [-0.2, 0) is 19.1 Å². The van der Waals surface area contributed by atoms with Crippen LogP contribution in [0.2, 0.25) is 5.02 Å². The fourth-order valence-electron chi connectivity index (χ4n) is 2.50. The van der Waals surface area contributed by atoms with Crippen molar-refractivity contribution in [3.8, 4) is 0 Å². The quantitative estimate of drug-likeness (QED) is 0.300. The molecule has 0 radical (unpaired) electrons. The number of hydrogen-bond donors (Lipinski definition) is 3. The van der Waals surface area contributed by atoms with Gasteiger partial charge in [0.25, 0.3) is 11.8 Å². The zero-order chi connectivity index (χ0) is 23.5. The molecule has 0 aliphatic rings. The Kier molecular flexibility index (Phi) is 9.37. The molecule has 3 amide bonds. The summed E-state index contributed by atoms with van der Waals surface area (Å²) in [6.45, 7) is 0.864. The van der Waals surface area contributed by atoms with Crippen LogP contribution in [0.1, 0.15) is 46.9 Å². The minimum Gasteiger partial charge on any atom is -0.455 e. The van der Waals surface area contributed by atoms with E-state index in [1.54, 1.807) is 36.4 Å². The lowest BCUT2D eigenvalue weighted by atomic mass is 10.1. The first-order valence-electron chi connectivity index (χ1n) is 9.66. The van der Waals surface area contributed by atoms with Gasteiger partial charge in [0.15, 0.2) is 12.4 Å². The minimum atomic E-state index is -0.731. The lowest BCUT2D eigenvalue weighted by Gasteiger charge is -2.09. The second kappa shape index (κ2) is 12.2. The minimum absolute atomic E-state index is 0.0596. The SMILES string of the molecule is CC(=O)c1ccc(NC(=O)CCCC(=O)OCC(=O)NNC(=O)c2ccccc2Cl)cc1. The first-order chi connectivity index (χ1) is 15.3. The third-order valence-electron chi connectivity index (χ3n) is 4.16. The fraction of sp³-hybridized carbons (Fsp3) is 0.227. The van der Waals surface area contributed by atoms with Crippen molar-refractivity contribution < 1.29 is 28.7 Å². The van der Waals surface area contributed by atoms with Gasteiger partial charge in [0.2, 0.25) is 5.91 Å². The van der Waals surface area contributed by atoms with Gasteiger partial charge < -0.3 is 10.1 Å². The summed E-state index contributed by atoms with van der Waals surface area (Å²) in [5.74, 6) is -2.37. The molecule has 0 saturated heterocycles. The van der Waals surface area contributed by atoms with Crippen molar-refractivity contribution in [1.82, 2.24) is 10.9 Å². The summed E-state index contributed by atoms with van der Waals surface area (Å²) in [5.41, 5.74) is 5.54. The number of hydrogen-bond acceptors (Lipinski definition) is 6. The van der Waals surface area contributed by atoms with E-state index in [2.05, 4.69) is 16.2 Å². The molecule has 0 aromatic heterocycles. The number of Topliss-reactive ketones (excluding diaryl/α,β-unsaturated/α-hetero) is 1. The van der Waals surface area contributed by atoms with Crippen LogP contribution < -0.4 is 16.2 Å². The highest BCUT2D eigenvalue weighted by molar-refractivity contribution is 6.33. The second-order valence-corrected chi connectivity index (χ2v) is 7.09. The number of ether oxygens (including phenoxy) is 1. The Morgan fingerprint density at radius 1 is 0.875 bits per heavy atom.